The average molecular weight is 1320 g/mol. The lowest BCUT2D eigenvalue weighted by Gasteiger charge is -2.15. The number of aromatic amines is 2. The third kappa shape index (κ3) is 18.7. The van der Waals surface area contributed by atoms with Crippen LogP contribution in [0.15, 0.2) is 318 Å². The molecule has 11 aromatic rings. The van der Waals surface area contributed by atoms with Crippen molar-refractivity contribution < 1.29 is 10.2 Å². The number of H-pyrrole nitrogens is 2. The van der Waals surface area contributed by atoms with E-state index in [0.717, 1.165) is 54.8 Å². The number of nitrogens with one attached hydrogen (secondary N) is 2. The Morgan fingerprint density at radius 3 is 0.990 bits per heavy atom. The molecule has 2 unspecified atom stereocenters. The van der Waals surface area contributed by atoms with Gasteiger partial charge in [0.05, 0.1) is 35.2 Å². The summed E-state index contributed by atoms with van der Waals surface area (Å²) in [4.78, 5) is 25.4. The zero-order chi connectivity index (χ0) is 68.9. The van der Waals surface area contributed by atoms with Crippen molar-refractivity contribution in [3.05, 3.63) is 344 Å². The fourth-order valence-electron chi connectivity index (χ4n) is 11.6. The van der Waals surface area contributed by atoms with Gasteiger partial charge in [0.25, 0.3) is 0 Å². The largest absolute Gasteiger partial charge is 0.506 e. The highest BCUT2D eigenvalue weighted by Gasteiger charge is 2.26. The van der Waals surface area contributed by atoms with Crippen LogP contribution in [0, 0.1) is 11.8 Å². The number of para-hydroxylation sites is 4. The van der Waals surface area contributed by atoms with Gasteiger partial charge in [0, 0.05) is 46.4 Å². The predicted molar refractivity (Wildman–Crippen MR) is 424 cm³/mol. The van der Waals surface area contributed by atoms with E-state index in [0.29, 0.717) is 23.2 Å². The van der Waals surface area contributed by atoms with Crippen molar-refractivity contribution in [2.45, 2.75) is 65.2 Å². The van der Waals surface area contributed by atoms with Crippen LogP contribution in [0.5, 0.6) is 11.5 Å². The summed E-state index contributed by atoms with van der Waals surface area (Å²) in [6.45, 7) is 18.2. The number of aromatic hydroxyl groups is 2. The van der Waals surface area contributed by atoms with Crippen LogP contribution in [0.3, 0.4) is 0 Å². The summed E-state index contributed by atoms with van der Waals surface area (Å²) in [6.07, 6.45) is 19.1. The first-order chi connectivity index (χ1) is 47.6. The van der Waals surface area contributed by atoms with Crippen molar-refractivity contribution in [1.82, 2.24) is 9.97 Å². The maximum Gasteiger partial charge on any atom is 0.141 e. The van der Waals surface area contributed by atoms with Gasteiger partial charge in [0.2, 0.25) is 0 Å². The van der Waals surface area contributed by atoms with Gasteiger partial charge in [-0.15, -0.1) is 25.3 Å². The highest BCUT2D eigenvalue weighted by molar-refractivity contribution is 7.80. The van der Waals surface area contributed by atoms with Gasteiger partial charge in [-0.05, 0) is 216 Å². The Morgan fingerprint density at radius 2 is 0.663 bits per heavy atom. The average Bonchev–Trinajstić information content (AvgIpc) is 1.64. The molecule has 2 aliphatic carbocycles. The molecule has 2 aromatic heterocycles. The van der Waals surface area contributed by atoms with Crippen LogP contribution in [-0.2, 0) is 0 Å². The molecule has 0 radical (unpaired) electrons. The number of thiol groups is 2. The van der Waals surface area contributed by atoms with Gasteiger partial charge in [-0.1, -0.05) is 207 Å². The topological polar surface area (TPSA) is 121 Å². The molecule has 0 spiro atoms. The summed E-state index contributed by atoms with van der Waals surface area (Å²) in [7, 11) is 0. The minimum absolute atomic E-state index is 0.153. The second-order valence-corrected chi connectivity index (χ2v) is 25.2. The highest BCUT2D eigenvalue weighted by Crippen LogP contribution is 2.44. The van der Waals surface area contributed by atoms with Gasteiger partial charge >= 0.3 is 0 Å². The van der Waals surface area contributed by atoms with Crippen molar-refractivity contribution in [3.63, 3.8) is 0 Å². The molecule has 488 valence electrons. The summed E-state index contributed by atoms with van der Waals surface area (Å²) in [5.74, 6) is 1.33. The van der Waals surface area contributed by atoms with E-state index in [4.69, 9.17) is 0 Å². The molecule has 0 fully saturated rings. The molecule has 0 bridgehead atoms. The van der Waals surface area contributed by atoms with Gasteiger partial charge in [-0.25, -0.2) is 0 Å². The van der Waals surface area contributed by atoms with E-state index in [9.17, 15) is 10.2 Å². The maximum atomic E-state index is 9.68. The standard InChI is InChI=1S/C30H34.C22H18S2.C20H16N2O2.C16H14N4/c1-17-18(2)22(6)29(21(17)5)27-13-9-25(10-14-27)26-11-15-28(16-12-26)30-23(7)19(3)20(4)24(30)8;23-21-7-3-1-5-19(21)15-13-17-9-11-18(12-10-17)14-16-20-6-2-4-8-22(20)24;23-19-7-3-1-5-17(19)21-13-15-9-11-16(12-10-15)14-22-18-6-2-4-8-20(18)24;1-3-15(17-9-1)11-19-13-5-7-14(8-6-13)20-12-16-4-2-10-18-16/h9-16,21,23H,1-8H3;1-16,23-24H;1-14,23-24H;1-12,17-18H/b;15-13+,16-14+;;. The Hall–Kier alpha value is -11.0. The summed E-state index contributed by atoms with van der Waals surface area (Å²) >= 11 is 8.93. The molecule has 2 atom stereocenters. The first kappa shape index (κ1) is 69.8. The SMILES string of the molecule is C(=Nc1ccc(N=Cc2ccc[nH]2)cc1)c1ccc[nH]1.CC1=C(C)C(C)C(c2ccc(-c3ccc(C4=C(C)C(C)=C(C)C4C)cc3)cc2)=C1C.Oc1ccccc1N=Cc1ccc(C=Nc2ccccc2O)cc1.Sc1ccccc1/C=C/c1ccc(/C=C/c2ccccc2S)cc1. The Labute approximate surface area is 588 Å². The molecule has 8 nitrogen and oxygen atoms in total. The number of hydrogen-bond donors (Lipinski definition) is 6. The van der Waals surface area contributed by atoms with Crippen LogP contribution in [0.2, 0.25) is 0 Å². The molecule has 13 rings (SSSR count). The summed E-state index contributed by atoms with van der Waals surface area (Å²) in [5, 5.41) is 19.4. The molecule has 10 heteroatoms. The Morgan fingerprint density at radius 1 is 0.327 bits per heavy atom. The monoisotopic (exact) mass is 1320 g/mol. The van der Waals surface area contributed by atoms with E-state index in [2.05, 4.69) is 220 Å². The van der Waals surface area contributed by atoms with Crippen molar-refractivity contribution in [2.75, 3.05) is 0 Å². The predicted octanol–water partition coefficient (Wildman–Crippen LogP) is 23.9. The number of hydrogen-bond acceptors (Lipinski definition) is 8. The molecular formula is C88H82N6O2S2. The van der Waals surface area contributed by atoms with Crippen molar-refractivity contribution in [3.8, 4) is 22.6 Å². The second-order valence-electron chi connectivity index (χ2n) is 24.2. The highest BCUT2D eigenvalue weighted by atomic mass is 32.1. The van der Waals surface area contributed by atoms with E-state index in [-0.39, 0.29) is 11.5 Å². The van der Waals surface area contributed by atoms with Gasteiger partial charge in [-0.3, -0.25) is 20.0 Å². The van der Waals surface area contributed by atoms with E-state index in [1.807, 2.05) is 134 Å². The first-order valence-electron chi connectivity index (χ1n) is 32.8. The van der Waals surface area contributed by atoms with Gasteiger partial charge in [0.15, 0.2) is 0 Å². The number of aliphatic imine (C=N–C) groups is 4. The molecule has 0 saturated carbocycles. The minimum atomic E-state index is 0.153. The zero-order valence-electron chi connectivity index (χ0n) is 56.6. The third-order valence-corrected chi connectivity index (χ3v) is 18.7. The molecule has 0 saturated heterocycles. The number of phenols is 2. The lowest BCUT2D eigenvalue weighted by atomic mass is 9.89. The Bertz CT molecular complexity index is 4360. The first-order valence-corrected chi connectivity index (χ1v) is 33.7. The summed E-state index contributed by atoms with van der Waals surface area (Å²) in [5.41, 5.74) is 28.3. The smallest absolute Gasteiger partial charge is 0.141 e. The number of nitrogens with zero attached hydrogens (tertiary/aromatic N) is 4. The molecule has 98 heavy (non-hydrogen) atoms. The number of phenolic OH excluding ortho intramolecular Hbond substituents is 2. The van der Waals surface area contributed by atoms with Crippen molar-refractivity contribution >= 4 is 108 Å². The summed E-state index contributed by atoms with van der Waals surface area (Å²) < 4.78 is 0. The van der Waals surface area contributed by atoms with Crippen LogP contribution in [0.25, 0.3) is 46.6 Å². The number of aromatic nitrogens is 2. The quantitative estimate of drug-likeness (QED) is 0.0348. The van der Waals surface area contributed by atoms with Crippen LogP contribution >= 0.6 is 25.3 Å². The second kappa shape index (κ2) is 34.1. The molecule has 2 aliphatic rings. The van der Waals surface area contributed by atoms with Crippen LogP contribution < -0.4 is 0 Å². The van der Waals surface area contributed by atoms with E-state index >= 15 is 0 Å². The third-order valence-electron chi connectivity index (χ3n) is 17.9. The molecule has 0 amide bonds. The zero-order valence-corrected chi connectivity index (χ0v) is 58.4. The lowest BCUT2D eigenvalue weighted by molar-refractivity contribution is 0.476. The van der Waals surface area contributed by atoms with E-state index < -0.39 is 0 Å². The maximum absolute atomic E-state index is 9.68. The van der Waals surface area contributed by atoms with E-state index in [1.165, 1.54) is 78.0 Å². The van der Waals surface area contributed by atoms with Crippen LogP contribution in [0.4, 0.5) is 22.7 Å². The molecule has 4 N–H and O–H groups in total. The molecule has 0 aliphatic heterocycles. The Balaban J connectivity index is 0.000000143. The number of allylic oxidation sites excluding steroid dienone is 8. The summed E-state index contributed by atoms with van der Waals surface area (Å²) in [6, 6.07) is 80.0. The van der Waals surface area contributed by atoms with E-state index in [1.54, 1.807) is 61.3 Å². The van der Waals surface area contributed by atoms with Gasteiger partial charge < -0.3 is 20.2 Å². The van der Waals surface area contributed by atoms with Crippen molar-refractivity contribution in [2.24, 2.45) is 31.8 Å². The van der Waals surface area contributed by atoms with Gasteiger partial charge in [-0.2, -0.15) is 0 Å². The molecule has 2 heterocycles. The number of benzene rings is 9. The number of rotatable bonds is 15. The molecular weight excluding hydrogens is 1240 g/mol. The normalized spacial score (nSPS) is 14.7. The lowest BCUT2D eigenvalue weighted by Crippen LogP contribution is -1.97. The molecule has 9 aromatic carbocycles. The fraction of sp³-hybridized carbons (Fsp3) is 0.114. The van der Waals surface area contributed by atoms with Crippen molar-refractivity contribution in [1.29, 1.82) is 0 Å². The minimum Gasteiger partial charge on any atom is -0.506 e. The van der Waals surface area contributed by atoms with Gasteiger partial charge in [0.1, 0.15) is 22.9 Å². The Kier molecular flexibility index (Phi) is 24.3. The van der Waals surface area contributed by atoms with Crippen LogP contribution in [-0.4, -0.2) is 45.0 Å². The fourth-order valence-corrected chi connectivity index (χ4v) is 12.0. The van der Waals surface area contributed by atoms with Crippen LogP contribution in [0.1, 0.15) is 111 Å².